The molecule has 7 aromatic rings. The molecular weight excluding hydrogens is 745 g/mol. The third-order valence-corrected chi connectivity index (χ3v) is 12.9. The van der Waals surface area contributed by atoms with Crippen LogP contribution in [0, 0.1) is 23.7 Å². The summed E-state index contributed by atoms with van der Waals surface area (Å²) in [5.74, 6) is 6.04. The molecule has 0 radical (unpaired) electrons. The molecule has 300 valence electrons. The number of carbonyl (C=O) groups is 4. The number of aromatic nitrogens is 2. The lowest BCUT2D eigenvalue weighted by atomic mass is 9.80. The molecule has 0 fully saturated rings. The molecule has 2 unspecified atom stereocenters. The van der Waals surface area contributed by atoms with Gasteiger partial charge in [-0.3, -0.25) is 38.9 Å². The van der Waals surface area contributed by atoms with Crippen molar-refractivity contribution < 1.29 is 19.2 Å². The first-order chi connectivity index (χ1) is 29.3. The van der Waals surface area contributed by atoms with Crippen LogP contribution < -0.4 is 0 Å². The van der Waals surface area contributed by atoms with E-state index in [0.29, 0.717) is 57.2 Å². The Labute approximate surface area is 350 Å². The van der Waals surface area contributed by atoms with Crippen molar-refractivity contribution in [3.63, 3.8) is 0 Å². The number of imide groups is 2. The van der Waals surface area contributed by atoms with E-state index in [9.17, 15) is 19.2 Å². The summed E-state index contributed by atoms with van der Waals surface area (Å²) >= 11 is 0. The summed E-state index contributed by atoms with van der Waals surface area (Å²) < 4.78 is 0. The molecule has 0 N–H and O–H groups in total. The van der Waals surface area contributed by atoms with Gasteiger partial charge in [0.2, 0.25) is 0 Å². The highest BCUT2D eigenvalue weighted by Crippen LogP contribution is 2.47. The summed E-state index contributed by atoms with van der Waals surface area (Å²) in [6.45, 7) is 9.30. The Bertz CT molecular complexity index is 2900. The van der Waals surface area contributed by atoms with Crippen molar-refractivity contribution in [2.24, 2.45) is 11.8 Å². The minimum Gasteiger partial charge on any atom is -0.274 e. The van der Waals surface area contributed by atoms with Gasteiger partial charge in [-0.2, -0.15) is 0 Å². The molecule has 0 saturated heterocycles. The maximum atomic E-state index is 14.7. The maximum absolute atomic E-state index is 14.7. The number of rotatable bonds is 13. The highest BCUT2D eigenvalue weighted by molar-refractivity contribution is 6.42. The molecule has 60 heavy (non-hydrogen) atoms. The Hall–Kier alpha value is -6.46. The van der Waals surface area contributed by atoms with E-state index in [1.807, 2.05) is 72.8 Å². The van der Waals surface area contributed by atoms with Crippen molar-refractivity contribution in [2.45, 2.75) is 79.1 Å². The van der Waals surface area contributed by atoms with Crippen LogP contribution in [0.1, 0.15) is 132 Å². The molecule has 2 aromatic heterocycles. The van der Waals surface area contributed by atoms with Crippen molar-refractivity contribution in [1.82, 2.24) is 19.8 Å². The number of pyridine rings is 2. The van der Waals surface area contributed by atoms with Crippen LogP contribution >= 0.6 is 0 Å². The Morgan fingerprint density at radius 2 is 1.08 bits per heavy atom. The number of hydrogen-bond acceptors (Lipinski definition) is 6. The monoisotopic (exact) mass is 792 g/mol. The number of carbonyl (C=O) groups excluding carboxylic acids is 4. The Balaban J connectivity index is 1.26. The van der Waals surface area contributed by atoms with E-state index in [-0.39, 0.29) is 35.5 Å². The molecule has 0 saturated carbocycles. The van der Waals surface area contributed by atoms with Gasteiger partial charge in [-0.25, -0.2) is 0 Å². The van der Waals surface area contributed by atoms with Crippen molar-refractivity contribution in [2.75, 3.05) is 13.1 Å². The molecule has 0 aliphatic carbocycles. The molecule has 8 nitrogen and oxygen atoms in total. The summed E-state index contributed by atoms with van der Waals surface area (Å²) in [6.07, 6.45) is 11.3. The fraction of sp³-hybridized carbons (Fsp3) is 0.308. The number of unbranched alkanes of at least 4 members (excludes halogenated alkanes) is 2. The number of hydrogen-bond donors (Lipinski definition) is 0. The SMILES string of the molecule is CCCCC(CC)CN1C(=O)c2ccc3c4ccc5c6c(cc(C#Cc7ccc(-c8ccccn8)nc7)c(c7ccc(c2c37)C1=O)c64)C(=O)N(CC(CC)CCCC)C5=O. The lowest BCUT2D eigenvalue weighted by Gasteiger charge is -2.32. The van der Waals surface area contributed by atoms with Crippen LogP contribution in [0.15, 0.2) is 85.2 Å². The third-order valence-electron chi connectivity index (χ3n) is 12.9. The van der Waals surface area contributed by atoms with Crippen LogP contribution in [0.4, 0.5) is 0 Å². The maximum Gasteiger partial charge on any atom is 0.261 e. The van der Waals surface area contributed by atoms with Crippen LogP contribution in [-0.4, -0.2) is 56.5 Å². The van der Waals surface area contributed by atoms with Crippen molar-refractivity contribution in [1.29, 1.82) is 0 Å². The van der Waals surface area contributed by atoms with Crippen molar-refractivity contribution in [3.8, 4) is 23.2 Å². The molecule has 8 heteroatoms. The van der Waals surface area contributed by atoms with Crippen molar-refractivity contribution >= 4 is 66.7 Å². The molecule has 2 aliphatic rings. The summed E-state index contributed by atoms with van der Waals surface area (Å²) in [5, 5.41) is 6.13. The predicted molar refractivity (Wildman–Crippen MR) is 238 cm³/mol. The summed E-state index contributed by atoms with van der Waals surface area (Å²) in [7, 11) is 0. The van der Waals surface area contributed by atoms with E-state index in [1.54, 1.807) is 12.4 Å². The van der Waals surface area contributed by atoms with E-state index in [0.717, 1.165) is 95.1 Å². The zero-order chi connectivity index (χ0) is 41.7. The third kappa shape index (κ3) is 6.39. The van der Waals surface area contributed by atoms with Crippen LogP contribution in [0.3, 0.4) is 0 Å². The molecule has 0 spiro atoms. The quantitative estimate of drug-likeness (QED) is 0.0499. The molecule has 9 rings (SSSR count). The standard InChI is InChI=1S/C52H48N4O4/c1-5-9-13-31(7-3)29-55-49(57)38-22-19-35-36-20-23-40-47-41(52(60)56(51(40)59)30-32(8-4)14-10-6-2)27-34(18-16-33-17-25-43(54-28-33)42-15-11-12-26-53-42)44(48(36)47)37-21-24-39(50(55)58)46(38)45(35)37/h11-12,15,17,19-28,31-32H,5-10,13-14,29-30H2,1-4H3. The number of amides is 4. The number of fused-ring (bicyclic) bond motifs is 2. The minimum atomic E-state index is -0.313. The van der Waals surface area contributed by atoms with E-state index < -0.39 is 0 Å². The fourth-order valence-electron chi connectivity index (χ4n) is 9.52. The van der Waals surface area contributed by atoms with Gasteiger partial charge in [0.15, 0.2) is 0 Å². The van der Waals surface area contributed by atoms with E-state index in [1.165, 1.54) is 9.80 Å². The molecule has 4 amide bonds. The van der Waals surface area contributed by atoms with Crippen LogP contribution in [0.25, 0.3) is 54.5 Å². The van der Waals surface area contributed by atoms with Gasteiger partial charge in [-0.1, -0.05) is 102 Å². The van der Waals surface area contributed by atoms with Gasteiger partial charge in [-0.05, 0) is 94.8 Å². The predicted octanol–water partition coefficient (Wildman–Crippen LogP) is 11.2. The summed E-state index contributed by atoms with van der Waals surface area (Å²) in [4.78, 5) is 69.7. The largest absolute Gasteiger partial charge is 0.274 e. The number of nitrogens with zero attached hydrogens (tertiary/aromatic N) is 4. The van der Waals surface area contributed by atoms with Crippen LogP contribution in [0.2, 0.25) is 0 Å². The van der Waals surface area contributed by atoms with E-state index in [2.05, 4.69) is 49.5 Å². The zero-order valence-corrected chi connectivity index (χ0v) is 34.7. The Kier molecular flexibility index (Phi) is 10.4. The van der Waals surface area contributed by atoms with Gasteiger partial charge in [0.1, 0.15) is 0 Å². The molecule has 5 aromatic carbocycles. The van der Waals surface area contributed by atoms with Crippen molar-refractivity contribution in [3.05, 3.63) is 119 Å². The summed E-state index contributed by atoms with van der Waals surface area (Å²) in [5.41, 5.74) is 4.75. The minimum absolute atomic E-state index is 0.199. The molecule has 4 heterocycles. The zero-order valence-electron chi connectivity index (χ0n) is 34.7. The lowest BCUT2D eigenvalue weighted by Crippen LogP contribution is -2.43. The highest BCUT2D eigenvalue weighted by Gasteiger charge is 2.38. The molecule has 0 bridgehead atoms. The first-order valence-electron chi connectivity index (χ1n) is 21.6. The van der Waals surface area contributed by atoms with Gasteiger partial charge in [0.25, 0.3) is 23.6 Å². The molecular formula is C52H48N4O4. The fourth-order valence-corrected chi connectivity index (χ4v) is 9.52. The molecule has 2 atom stereocenters. The topological polar surface area (TPSA) is 101 Å². The second-order valence-electron chi connectivity index (χ2n) is 16.5. The molecule has 2 aliphatic heterocycles. The second kappa shape index (κ2) is 16.0. The van der Waals surface area contributed by atoms with Gasteiger partial charge in [-0.15, -0.1) is 0 Å². The first-order valence-corrected chi connectivity index (χ1v) is 21.6. The Morgan fingerprint density at radius 1 is 0.533 bits per heavy atom. The van der Waals surface area contributed by atoms with Crippen LogP contribution in [-0.2, 0) is 0 Å². The van der Waals surface area contributed by atoms with Gasteiger partial charge in [0, 0.05) is 80.4 Å². The highest BCUT2D eigenvalue weighted by atomic mass is 16.2. The van der Waals surface area contributed by atoms with Gasteiger partial charge >= 0.3 is 0 Å². The normalized spacial score (nSPS) is 14.8. The van der Waals surface area contributed by atoms with Gasteiger partial charge < -0.3 is 0 Å². The second-order valence-corrected chi connectivity index (χ2v) is 16.5. The average Bonchev–Trinajstić information content (AvgIpc) is 3.28. The van der Waals surface area contributed by atoms with E-state index >= 15 is 0 Å². The number of benzene rings is 5. The Morgan fingerprint density at radius 3 is 1.62 bits per heavy atom. The summed E-state index contributed by atoms with van der Waals surface area (Å²) in [6, 6.07) is 22.8. The van der Waals surface area contributed by atoms with Crippen LogP contribution in [0.5, 0.6) is 0 Å². The van der Waals surface area contributed by atoms with E-state index in [4.69, 9.17) is 0 Å². The lowest BCUT2D eigenvalue weighted by molar-refractivity contribution is 0.0565. The average molecular weight is 793 g/mol. The smallest absolute Gasteiger partial charge is 0.261 e. The first kappa shape index (κ1) is 39.0. The van der Waals surface area contributed by atoms with Gasteiger partial charge in [0.05, 0.1) is 11.4 Å².